The highest BCUT2D eigenvalue weighted by Crippen LogP contribution is 2.19. The Kier molecular flexibility index (Phi) is 1.90. The van der Waals surface area contributed by atoms with Crippen molar-refractivity contribution in [1.29, 1.82) is 0 Å². The lowest BCUT2D eigenvalue weighted by molar-refractivity contribution is 0.383. The SMILES string of the molecule is COc1c(C)[c]ccc1F. The standard InChI is InChI=1S/C8H8FO/c1-6-4-3-5-7(9)8(6)10-2/h3,5H,1-2H3. The summed E-state index contributed by atoms with van der Waals surface area (Å²) in [6, 6.07) is 5.69. The van der Waals surface area contributed by atoms with Gasteiger partial charge in [-0.05, 0) is 19.1 Å². The van der Waals surface area contributed by atoms with Gasteiger partial charge >= 0.3 is 0 Å². The van der Waals surface area contributed by atoms with E-state index in [2.05, 4.69) is 6.07 Å². The van der Waals surface area contributed by atoms with E-state index in [0.717, 1.165) is 0 Å². The minimum absolute atomic E-state index is 0.280. The largest absolute Gasteiger partial charge is 0.493 e. The number of aryl methyl sites for hydroxylation is 1. The molecule has 0 heterocycles. The minimum Gasteiger partial charge on any atom is -0.493 e. The van der Waals surface area contributed by atoms with Crippen LogP contribution in [0.25, 0.3) is 0 Å². The molecule has 1 rings (SSSR count). The molecule has 0 aliphatic rings. The molecule has 0 fully saturated rings. The predicted molar refractivity (Wildman–Crippen MR) is 36.5 cm³/mol. The monoisotopic (exact) mass is 139 g/mol. The van der Waals surface area contributed by atoms with Crippen LogP contribution in [-0.4, -0.2) is 7.11 Å². The lowest BCUT2D eigenvalue weighted by atomic mass is 10.2. The molecule has 53 valence electrons. The summed E-state index contributed by atoms with van der Waals surface area (Å²) in [4.78, 5) is 0. The Bertz CT molecular complexity index is 212. The highest BCUT2D eigenvalue weighted by Gasteiger charge is 2.02. The third kappa shape index (κ3) is 1.10. The first-order valence-corrected chi connectivity index (χ1v) is 2.96. The molecular weight excluding hydrogens is 131 g/mol. The Balaban J connectivity index is 3.17. The van der Waals surface area contributed by atoms with Gasteiger partial charge in [0.25, 0.3) is 0 Å². The molecule has 0 saturated heterocycles. The van der Waals surface area contributed by atoms with E-state index < -0.39 is 0 Å². The highest BCUT2D eigenvalue weighted by molar-refractivity contribution is 5.32. The molecule has 10 heavy (non-hydrogen) atoms. The maximum atomic E-state index is 12.7. The van der Waals surface area contributed by atoms with Crippen molar-refractivity contribution in [3.05, 3.63) is 29.6 Å². The molecule has 1 aromatic rings. The van der Waals surface area contributed by atoms with Crippen molar-refractivity contribution < 1.29 is 9.13 Å². The Morgan fingerprint density at radius 2 is 2.30 bits per heavy atom. The molecule has 0 saturated carbocycles. The molecule has 0 spiro atoms. The van der Waals surface area contributed by atoms with Gasteiger partial charge in [-0.15, -0.1) is 0 Å². The molecule has 0 N–H and O–H groups in total. The van der Waals surface area contributed by atoms with Crippen LogP contribution in [-0.2, 0) is 0 Å². The van der Waals surface area contributed by atoms with Gasteiger partial charge in [-0.3, -0.25) is 0 Å². The number of methoxy groups -OCH3 is 1. The summed E-state index contributed by atoms with van der Waals surface area (Å²) in [5.41, 5.74) is 0.697. The predicted octanol–water partition coefficient (Wildman–Crippen LogP) is 1.94. The number of hydrogen-bond donors (Lipinski definition) is 0. The van der Waals surface area contributed by atoms with Gasteiger partial charge in [0.15, 0.2) is 11.6 Å². The highest BCUT2D eigenvalue weighted by atomic mass is 19.1. The van der Waals surface area contributed by atoms with E-state index in [9.17, 15) is 4.39 Å². The van der Waals surface area contributed by atoms with Crippen LogP contribution in [0.4, 0.5) is 4.39 Å². The molecule has 1 radical (unpaired) electrons. The summed E-state index contributed by atoms with van der Waals surface area (Å²) >= 11 is 0. The number of halogens is 1. The van der Waals surface area contributed by atoms with Crippen LogP contribution in [0.15, 0.2) is 12.1 Å². The summed E-state index contributed by atoms with van der Waals surface area (Å²) < 4.78 is 17.5. The quantitative estimate of drug-likeness (QED) is 0.577. The van der Waals surface area contributed by atoms with Gasteiger partial charge in [-0.1, -0.05) is 6.07 Å². The lowest BCUT2D eigenvalue weighted by Gasteiger charge is -2.02. The van der Waals surface area contributed by atoms with E-state index in [1.165, 1.54) is 19.2 Å². The average molecular weight is 139 g/mol. The summed E-state index contributed by atoms with van der Waals surface area (Å²) in [6.07, 6.45) is 0. The minimum atomic E-state index is -0.334. The van der Waals surface area contributed by atoms with Crippen molar-refractivity contribution in [3.8, 4) is 5.75 Å². The molecule has 1 nitrogen and oxygen atoms in total. The molecule has 0 aromatic heterocycles. The molecule has 1 aromatic carbocycles. The first-order chi connectivity index (χ1) is 4.75. The fourth-order valence-electron chi connectivity index (χ4n) is 0.811. The van der Waals surface area contributed by atoms with Crippen LogP contribution in [0, 0.1) is 18.8 Å². The number of benzene rings is 1. The molecule has 0 amide bonds. The van der Waals surface area contributed by atoms with Crippen LogP contribution in [0.3, 0.4) is 0 Å². The smallest absolute Gasteiger partial charge is 0.165 e. The maximum absolute atomic E-state index is 12.7. The fraction of sp³-hybridized carbons (Fsp3) is 0.250. The van der Waals surface area contributed by atoms with Crippen LogP contribution < -0.4 is 4.74 Å². The Labute approximate surface area is 59.4 Å². The van der Waals surface area contributed by atoms with Crippen molar-refractivity contribution in [2.45, 2.75) is 6.92 Å². The van der Waals surface area contributed by atoms with Crippen LogP contribution >= 0.6 is 0 Å². The van der Waals surface area contributed by atoms with Gasteiger partial charge in [0.05, 0.1) is 7.11 Å². The van der Waals surface area contributed by atoms with Gasteiger partial charge in [0.1, 0.15) is 0 Å². The Hall–Kier alpha value is -1.05. The van der Waals surface area contributed by atoms with Crippen LogP contribution in [0.5, 0.6) is 5.75 Å². The second-order valence-corrected chi connectivity index (χ2v) is 1.98. The van der Waals surface area contributed by atoms with Gasteiger partial charge in [-0.2, -0.15) is 0 Å². The van der Waals surface area contributed by atoms with Gasteiger partial charge < -0.3 is 4.74 Å². The zero-order valence-electron chi connectivity index (χ0n) is 5.94. The topological polar surface area (TPSA) is 9.23 Å². The molecule has 0 atom stereocenters. The molecular formula is C8H8FO. The molecule has 0 unspecified atom stereocenters. The molecule has 0 aliphatic carbocycles. The second-order valence-electron chi connectivity index (χ2n) is 1.98. The maximum Gasteiger partial charge on any atom is 0.165 e. The summed E-state index contributed by atoms with van der Waals surface area (Å²) in [5.74, 6) is -0.0544. The molecule has 0 bridgehead atoms. The van der Waals surface area contributed by atoms with Crippen LogP contribution in [0.1, 0.15) is 5.56 Å². The van der Waals surface area contributed by atoms with E-state index in [4.69, 9.17) is 4.74 Å². The van der Waals surface area contributed by atoms with Crippen molar-refractivity contribution in [2.24, 2.45) is 0 Å². The van der Waals surface area contributed by atoms with Crippen molar-refractivity contribution >= 4 is 0 Å². The summed E-state index contributed by atoms with van der Waals surface area (Å²) in [6.45, 7) is 1.75. The fourth-order valence-corrected chi connectivity index (χ4v) is 0.811. The van der Waals surface area contributed by atoms with E-state index >= 15 is 0 Å². The second kappa shape index (κ2) is 2.69. The zero-order chi connectivity index (χ0) is 7.56. The average Bonchev–Trinajstić information content (AvgIpc) is 1.88. The first-order valence-electron chi connectivity index (χ1n) is 2.96. The normalized spacial score (nSPS) is 9.50. The lowest BCUT2D eigenvalue weighted by Crippen LogP contribution is -1.90. The third-order valence-electron chi connectivity index (χ3n) is 1.29. The van der Waals surface area contributed by atoms with Crippen LogP contribution in [0.2, 0.25) is 0 Å². The van der Waals surface area contributed by atoms with E-state index in [1.54, 1.807) is 6.92 Å². The van der Waals surface area contributed by atoms with E-state index in [0.29, 0.717) is 5.56 Å². The van der Waals surface area contributed by atoms with E-state index in [1.807, 2.05) is 0 Å². The first kappa shape index (κ1) is 7.06. The Morgan fingerprint density at radius 1 is 1.60 bits per heavy atom. The van der Waals surface area contributed by atoms with Crippen molar-refractivity contribution in [2.75, 3.05) is 7.11 Å². The number of rotatable bonds is 1. The number of hydrogen-bond acceptors (Lipinski definition) is 1. The number of ether oxygens (including phenoxy) is 1. The third-order valence-corrected chi connectivity index (χ3v) is 1.29. The van der Waals surface area contributed by atoms with Crippen molar-refractivity contribution in [1.82, 2.24) is 0 Å². The van der Waals surface area contributed by atoms with Crippen molar-refractivity contribution in [3.63, 3.8) is 0 Å². The summed E-state index contributed by atoms with van der Waals surface area (Å²) in [5, 5.41) is 0. The Morgan fingerprint density at radius 3 is 2.70 bits per heavy atom. The molecule has 2 heteroatoms. The van der Waals surface area contributed by atoms with Gasteiger partial charge in [0.2, 0.25) is 0 Å². The van der Waals surface area contributed by atoms with Gasteiger partial charge in [0, 0.05) is 5.56 Å². The van der Waals surface area contributed by atoms with Gasteiger partial charge in [-0.25, -0.2) is 4.39 Å². The van der Waals surface area contributed by atoms with E-state index in [-0.39, 0.29) is 11.6 Å². The summed E-state index contributed by atoms with van der Waals surface area (Å²) in [7, 11) is 1.44. The molecule has 0 aliphatic heterocycles. The zero-order valence-corrected chi connectivity index (χ0v) is 5.94.